The molecule has 146 valence electrons. The molecule has 0 bridgehead atoms. The van der Waals surface area contributed by atoms with Gasteiger partial charge in [0.1, 0.15) is 17.9 Å². The smallest absolute Gasteiger partial charge is 0.191 e. The van der Waals surface area contributed by atoms with Gasteiger partial charge in [0.05, 0.1) is 12.7 Å². The first-order chi connectivity index (χ1) is 13.2. The van der Waals surface area contributed by atoms with E-state index in [0.29, 0.717) is 12.6 Å². The number of nitrogens with zero attached hydrogens (tertiary/aromatic N) is 2. The van der Waals surface area contributed by atoms with Crippen LogP contribution in [0.4, 0.5) is 0 Å². The van der Waals surface area contributed by atoms with E-state index in [1.165, 1.54) is 24.9 Å². The van der Waals surface area contributed by atoms with Crippen LogP contribution in [0, 0.1) is 6.92 Å². The summed E-state index contributed by atoms with van der Waals surface area (Å²) in [6.45, 7) is 9.38. The predicted molar refractivity (Wildman–Crippen MR) is 108 cm³/mol. The van der Waals surface area contributed by atoms with Gasteiger partial charge in [-0.25, -0.2) is 4.99 Å². The van der Waals surface area contributed by atoms with Crippen LogP contribution in [0.1, 0.15) is 31.1 Å². The summed E-state index contributed by atoms with van der Waals surface area (Å²) in [5, 5.41) is 7.92. The molecule has 0 saturated carbocycles. The van der Waals surface area contributed by atoms with Gasteiger partial charge >= 0.3 is 0 Å². The zero-order valence-corrected chi connectivity index (χ0v) is 16.3. The summed E-state index contributed by atoms with van der Waals surface area (Å²) in [5.74, 6) is 1.73. The molecule has 1 aromatic carbocycles. The monoisotopic (exact) mass is 370 g/mol. The maximum absolute atomic E-state index is 6.04. The Labute approximate surface area is 161 Å². The van der Waals surface area contributed by atoms with Crippen molar-refractivity contribution in [2.45, 2.75) is 45.4 Å². The summed E-state index contributed by atoms with van der Waals surface area (Å²) in [7, 11) is 0. The van der Waals surface area contributed by atoms with Gasteiger partial charge in [0.2, 0.25) is 0 Å². The maximum atomic E-state index is 6.04. The van der Waals surface area contributed by atoms with Crippen LogP contribution in [0.3, 0.4) is 0 Å². The number of para-hydroxylation sites is 1. The van der Waals surface area contributed by atoms with E-state index in [4.69, 9.17) is 14.1 Å². The number of guanidine groups is 1. The number of furan rings is 1. The first kappa shape index (κ1) is 18.3. The van der Waals surface area contributed by atoms with Crippen molar-refractivity contribution in [3.8, 4) is 0 Å². The van der Waals surface area contributed by atoms with Crippen LogP contribution >= 0.6 is 0 Å². The number of rotatable bonds is 5. The fourth-order valence-corrected chi connectivity index (χ4v) is 4.09. The molecular formula is C21H30N4O2. The lowest BCUT2D eigenvalue weighted by Crippen LogP contribution is -2.51. The van der Waals surface area contributed by atoms with E-state index in [-0.39, 0.29) is 6.10 Å². The number of morpholine rings is 1. The Morgan fingerprint density at radius 3 is 3.04 bits per heavy atom. The molecule has 2 aliphatic heterocycles. The number of ether oxygens (including phenoxy) is 1. The van der Waals surface area contributed by atoms with Crippen LogP contribution in [-0.4, -0.2) is 55.8 Å². The Kier molecular flexibility index (Phi) is 5.64. The van der Waals surface area contributed by atoms with Gasteiger partial charge in [0.25, 0.3) is 0 Å². The summed E-state index contributed by atoms with van der Waals surface area (Å²) in [6, 6.07) is 8.78. The van der Waals surface area contributed by atoms with Crippen LogP contribution < -0.4 is 10.6 Å². The van der Waals surface area contributed by atoms with Crippen molar-refractivity contribution in [1.29, 1.82) is 0 Å². The van der Waals surface area contributed by atoms with E-state index in [1.807, 2.05) is 18.2 Å². The summed E-state index contributed by atoms with van der Waals surface area (Å²) >= 11 is 0. The third-order valence-electron chi connectivity index (χ3n) is 5.63. The third-order valence-corrected chi connectivity index (χ3v) is 5.63. The zero-order valence-electron chi connectivity index (χ0n) is 16.3. The number of hydrogen-bond donors (Lipinski definition) is 2. The minimum absolute atomic E-state index is 0.219. The van der Waals surface area contributed by atoms with E-state index < -0.39 is 0 Å². The number of nitrogens with one attached hydrogen (secondary N) is 2. The molecule has 2 fully saturated rings. The van der Waals surface area contributed by atoms with Crippen molar-refractivity contribution in [3.05, 3.63) is 35.6 Å². The Hall–Kier alpha value is -2.05. The Morgan fingerprint density at radius 1 is 1.30 bits per heavy atom. The minimum atomic E-state index is 0.219. The van der Waals surface area contributed by atoms with E-state index in [0.717, 1.165) is 48.9 Å². The van der Waals surface area contributed by atoms with Gasteiger partial charge in [-0.2, -0.15) is 0 Å². The summed E-state index contributed by atoms with van der Waals surface area (Å²) < 4.78 is 12.0. The molecule has 1 aromatic heterocycles. The highest BCUT2D eigenvalue weighted by molar-refractivity contribution is 5.82. The number of aliphatic imine (C=N–C) groups is 1. The molecule has 3 heterocycles. The minimum Gasteiger partial charge on any atom is -0.459 e. The van der Waals surface area contributed by atoms with Gasteiger partial charge < -0.3 is 19.8 Å². The fraction of sp³-hybridized carbons (Fsp3) is 0.571. The molecule has 27 heavy (non-hydrogen) atoms. The van der Waals surface area contributed by atoms with Crippen LogP contribution in [0.5, 0.6) is 0 Å². The third kappa shape index (κ3) is 4.12. The van der Waals surface area contributed by atoms with E-state index in [9.17, 15) is 0 Å². The average Bonchev–Trinajstić information content (AvgIpc) is 3.28. The largest absolute Gasteiger partial charge is 0.459 e. The lowest BCUT2D eigenvalue weighted by molar-refractivity contribution is -0.0453. The van der Waals surface area contributed by atoms with Crippen molar-refractivity contribution in [1.82, 2.24) is 15.5 Å². The molecule has 2 unspecified atom stereocenters. The molecule has 6 heteroatoms. The molecule has 0 aliphatic carbocycles. The first-order valence-electron chi connectivity index (χ1n) is 10.1. The van der Waals surface area contributed by atoms with Gasteiger partial charge in [-0.1, -0.05) is 18.2 Å². The van der Waals surface area contributed by atoms with Crippen LogP contribution in [0.15, 0.2) is 33.7 Å². The predicted octanol–water partition coefficient (Wildman–Crippen LogP) is 2.66. The second-order valence-electron chi connectivity index (χ2n) is 7.47. The second kappa shape index (κ2) is 8.31. The molecule has 0 spiro atoms. The molecule has 4 rings (SSSR count). The van der Waals surface area contributed by atoms with Gasteiger partial charge in [-0.05, 0) is 39.3 Å². The molecule has 6 nitrogen and oxygen atoms in total. The van der Waals surface area contributed by atoms with Gasteiger partial charge in [-0.3, -0.25) is 4.90 Å². The lowest BCUT2D eigenvalue weighted by atomic mass is 10.1. The van der Waals surface area contributed by atoms with Crippen molar-refractivity contribution in [2.24, 2.45) is 4.99 Å². The maximum Gasteiger partial charge on any atom is 0.191 e. The molecule has 2 N–H and O–H groups in total. The number of aryl methyl sites for hydroxylation is 1. The molecular weight excluding hydrogens is 340 g/mol. The van der Waals surface area contributed by atoms with Gasteiger partial charge in [0.15, 0.2) is 5.96 Å². The van der Waals surface area contributed by atoms with Crippen LogP contribution in [0.2, 0.25) is 0 Å². The van der Waals surface area contributed by atoms with Crippen molar-refractivity contribution in [2.75, 3.05) is 32.8 Å². The lowest BCUT2D eigenvalue weighted by Gasteiger charge is -2.35. The zero-order chi connectivity index (χ0) is 18.6. The highest BCUT2D eigenvalue weighted by atomic mass is 16.5. The summed E-state index contributed by atoms with van der Waals surface area (Å²) in [6.07, 6.45) is 2.80. The second-order valence-corrected chi connectivity index (χ2v) is 7.47. The van der Waals surface area contributed by atoms with Gasteiger partial charge in [-0.15, -0.1) is 0 Å². The molecule has 2 aromatic rings. The quantitative estimate of drug-likeness (QED) is 0.626. The SMILES string of the molecule is CCNC(=NCc1oc2ccccc2c1C)NCC1CN2CCCC2CO1. The standard InChI is InChI=1S/C21H30N4O2/c1-3-22-21(23-11-17-13-25-10-6-7-16(25)14-26-17)24-12-20-15(2)18-8-4-5-9-19(18)27-20/h4-5,8-9,16-17H,3,6-7,10-14H2,1-2H3,(H2,22,23,24). The topological polar surface area (TPSA) is 62.0 Å². The first-order valence-corrected chi connectivity index (χ1v) is 10.1. The van der Waals surface area contributed by atoms with Crippen molar-refractivity contribution >= 4 is 16.9 Å². The molecule has 2 aliphatic rings. The van der Waals surface area contributed by atoms with E-state index >= 15 is 0 Å². The number of benzene rings is 1. The summed E-state index contributed by atoms with van der Waals surface area (Å²) in [4.78, 5) is 7.29. The Bertz CT molecular complexity index is 801. The normalized spacial score (nSPS) is 23.6. The van der Waals surface area contributed by atoms with E-state index in [2.05, 4.69) is 35.4 Å². The highest BCUT2D eigenvalue weighted by Crippen LogP contribution is 2.25. The average molecular weight is 370 g/mol. The van der Waals surface area contributed by atoms with Crippen LogP contribution in [-0.2, 0) is 11.3 Å². The molecule has 0 radical (unpaired) electrons. The molecule has 2 saturated heterocycles. The highest BCUT2D eigenvalue weighted by Gasteiger charge is 2.32. The molecule has 2 atom stereocenters. The Balaban J connectivity index is 1.37. The van der Waals surface area contributed by atoms with Crippen LogP contribution in [0.25, 0.3) is 11.0 Å². The summed E-state index contributed by atoms with van der Waals surface area (Å²) in [5.41, 5.74) is 2.09. The van der Waals surface area contributed by atoms with Crippen molar-refractivity contribution < 1.29 is 9.15 Å². The fourth-order valence-electron chi connectivity index (χ4n) is 4.09. The van der Waals surface area contributed by atoms with E-state index in [1.54, 1.807) is 0 Å². The molecule has 0 amide bonds. The van der Waals surface area contributed by atoms with Crippen molar-refractivity contribution in [3.63, 3.8) is 0 Å². The number of hydrogen-bond acceptors (Lipinski definition) is 4. The number of fused-ring (bicyclic) bond motifs is 2. The van der Waals surface area contributed by atoms with Gasteiger partial charge in [0, 0.05) is 36.6 Å². The Morgan fingerprint density at radius 2 is 2.19 bits per heavy atom.